The zero-order valence-corrected chi connectivity index (χ0v) is 9.28. The molecule has 0 aliphatic carbocycles. The molecule has 0 saturated heterocycles. The van der Waals surface area contributed by atoms with Gasteiger partial charge in [-0.15, -0.1) is 0 Å². The molecule has 1 aromatic rings. The largest absolute Gasteiger partial charge is 1.00 e. The molecular formula is C7H5ClNNaO2. The van der Waals surface area contributed by atoms with E-state index in [-0.39, 0.29) is 29.6 Å². The molecule has 1 rings (SSSR count). The summed E-state index contributed by atoms with van der Waals surface area (Å²) in [6.07, 6.45) is 0.927. The van der Waals surface area contributed by atoms with Crippen molar-refractivity contribution in [2.24, 2.45) is 0 Å². The quantitative estimate of drug-likeness (QED) is 0.243. The molecule has 0 N–H and O–H groups in total. The first-order chi connectivity index (χ1) is 5.18. The molecule has 0 radical (unpaired) electrons. The molecule has 0 bridgehead atoms. The summed E-state index contributed by atoms with van der Waals surface area (Å²) in [6.45, 7) is 0. The Balaban J connectivity index is 0.00000121. The van der Waals surface area contributed by atoms with Crippen LogP contribution in [0.4, 0.5) is 0 Å². The minimum Gasteiger partial charge on any atom is -0.612 e. The Labute approximate surface area is 97.1 Å². The van der Waals surface area contributed by atoms with Crippen LogP contribution in [-0.2, 0) is 0 Å². The van der Waals surface area contributed by atoms with E-state index in [2.05, 4.69) is 0 Å². The number of rotatable bonds is 1. The number of benzene rings is 1. The van der Waals surface area contributed by atoms with Crippen molar-refractivity contribution in [3.63, 3.8) is 0 Å². The van der Waals surface area contributed by atoms with Gasteiger partial charge in [0.2, 0.25) is 0 Å². The van der Waals surface area contributed by atoms with Crippen LogP contribution in [0.1, 0.15) is 5.56 Å². The smallest absolute Gasteiger partial charge is 0.612 e. The van der Waals surface area contributed by atoms with Crippen LogP contribution in [0.2, 0.25) is 5.02 Å². The third-order valence-electron chi connectivity index (χ3n) is 1.12. The predicted octanol–water partition coefficient (Wildman–Crippen LogP) is -1.23. The molecule has 5 heteroatoms. The van der Waals surface area contributed by atoms with E-state index in [9.17, 15) is 10.4 Å². The van der Waals surface area contributed by atoms with E-state index in [0.717, 1.165) is 6.21 Å². The predicted molar refractivity (Wildman–Crippen MR) is 43.6 cm³/mol. The summed E-state index contributed by atoms with van der Waals surface area (Å²) < 4.78 is 0. The van der Waals surface area contributed by atoms with Crippen LogP contribution in [0.25, 0.3) is 0 Å². The maximum atomic E-state index is 9.97. The Bertz CT molecular complexity index is 269. The van der Waals surface area contributed by atoms with Gasteiger partial charge in [0.15, 0.2) is 6.21 Å². The van der Waals surface area contributed by atoms with E-state index >= 15 is 0 Å². The fourth-order valence-electron chi connectivity index (χ4n) is 0.671. The van der Waals surface area contributed by atoms with E-state index in [0.29, 0.717) is 10.6 Å². The van der Waals surface area contributed by atoms with Crippen molar-refractivity contribution < 1.29 is 34.5 Å². The van der Waals surface area contributed by atoms with Crippen molar-refractivity contribution in [1.82, 2.24) is 0 Å². The topological polar surface area (TPSA) is 49.1 Å². The average Bonchev–Trinajstić information content (AvgIpc) is 1.93. The molecule has 0 amide bonds. The van der Waals surface area contributed by atoms with Crippen molar-refractivity contribution in [3.05, 3.63) is 45.3 Å². The van der Waals surface area contributed by atoms with Crippen LogP contribution in [0.15, 0.2) is 24.3 Å². The van der Waals surface area contributed by atoms with Gasteiger partial charge >= 0.3 is 29.6 Å². The Morgan fingerprint density at radius 3 is 2.08 bits per heavy atom. The molecule has 0 heterocycles. The second-order valence-corrected chi connectivity index (χ2v) is 2.40. The molecule has 0 spiro atoms. The average molecular weight is 194 g/mol. The second kappa shape index (κ2) is 5.43. The van der Waals surface area contributed by atoms with Crippen LogP contribution in [0, 0.1) is 10.4 Å². The molecule has 12 heavy (non-hydrogen) atoms. The maximum Gasteiger partial charge on any atom is 1.00 e. The van der Waals surface area contributed by atoms with Crippen LogP contribution < -0.4 is 29.6 Å². The standard InChI is InChI=1S/C7H5ClNO2.Na/c8-7-3-1-6(2-4-7)5-9(10)11;/h1-5H;/q-1;+1. The minimum atomic E-state index is -0.497. The molecule has 0 aliphatic rings. The van der Waals surface area contributed by atoms with Gasteiger partial charge in [0, 0.05) is 10.6 Å². The zero-order valence-electron chi connectivity index (χ0n) is 6.53. The van der Waals surface area contributed by atoms with Crippen molar-refractivity contribution >= 4 is 17.8 Å². The van der Waals surface area contributed by atoms with E-state index in [1.165, 1.54) is 0 Å². The van der Waals surface area contributed by atoms with Crippen LogP contribution >= 0.6 is 11.6 Å². The van der Waals surface area contributed by atoms with Gasteiger partial charge in [0.1, 0.15) is 0 Å². The summed E-state index contributed by atoms with van der Waals surface area (Å²) in [4.78, 5) is -0.497. The minimum absolute atomic E-state index is 0. The van der Waals surface area contributed by atoms with Gasteiger partial charge in [-0.2, -0.15) is 4.90 Å². The van der Waals surface area contributed by atoms with E-state index < -0.39 is 4.90 Å². The molecular weight excluding hydrogens is 189 g/mol. The van der Waals surface area contributed by atoms with Crippen molar-refractivity contribution in [2.75, 3.05) is 0 Å². The van der Waals surface area contributed by atoms with Gasteiger partial charge in [-0.25, -0.2) is 0 Å². The summed E-state index contributed by atoms with van der Waals surface area (Å²) in [6, 6.07) is 6.39. The maximum absolute atomic E-state index is 9.97. The molecule has 0 unspecified atom stereocenters. The van der Waals surface area contributed by atoms with E-state index in [1.807, 2.05) is 0 Å². The van der Waals surface area contributed by atoms with Gasteiger partial charge < -0.3 is 10.4 Å². The van der Waals surface area contributed by atoms with E-state index in [1.54, 1.807) is 24.3 Å². The van der Waals surface area contributed by atoms with Gasteiger partial charge in [-0.1, -0.05) is 11.6 Å². The number of hydrogen-bond donors (Lipinski definition) is 0. The Hall–Kier alpha value is -0.220. The summed E-state index contributed by atoms with van der Waals surface area (Å²) in [5.41, 5.74) is 0.541. The van der Waals surface area contributed by atoms with Crippen LogP contribution in [0.3, 0.4) is 0 Å². The third kappa shape index (κ3) is 3.97. The monoisotopic (exact) mass is 193 g/mol. The van der Waals surface area contributed by atoms with Crippen LogP contribution in [0.5, 0.6) is 0 Å². The normalized spacial score (nSPS) is 8.42. The summed E-state index contributed by atoms with van der Waals surface area (Å²) in [5.74, 6) is 0. The number of hydrogen-bond acceptors (Lipinski definition) is 2. The third-order valence-corrected chi connectivity index (χ3v) is 1.38. The molecule has 0 atom stereocenters. The molecule has 58 valence electrons. The molecule has 0 aromatic heterocycles. The first-order valence-electron chi connectivity index (χ1n) is 2.92. The summed E-state index contributed by atoms with van der Waals surface area (Å²) >= 11 is 5.56. The van der Waals surface area contributed by atoms with Crippen molar-refractivity contribution in [3.8, 4) is 0 Å². The van der Waals surface area contributed by atoms with Gasteiger partial charge in [0.05, 0.1) is 0 Å². The van der Waals surface area contributed by atoms with Crippen molar-refractivity contribution in [2.45, 2.75) is 0 Å². The van der Waals surface area contributed by atoms with Gasteiger partial charge in [0.25, 0.3) is 0 Å². The van der Waals surface area contributed by atoms with Crippen molar-refractivity contribution in [1.29, 1.82) is 0 Å². The van der Waals surface area contributed by atoms with Crippen LogP contribution in [-0.4, -0.2) is 11.1 Å². The second-order valence-electron chi connectivity index (χ2n) is 1.97. The fraction of sp³-hybridized carbons (Fsp3) is 0. The molecule has 0 fully saturated rings. The van der Waals surface area contributed by atoms with Gasteiger partial charge in [-0.3, -0.25) is 0 Å². The number of nitrogens with zero attached hydrogens (tertiary/aromatic N) is 1. The fourth-order valence-corrected chi connectivity index (χ4v) is 0.797. The van der Waals surface area contributed by atoms with E-state index in [4.69, 9.17) is 11.6 Å². The molecule has 0 aliphatic heterocycles. The summed E-state index contributed by atoms with van der Waals surface area (Å²) in [5, 5.41) is 20.5. The Morgan fingerprint density at radius 1 is 1.17 bits per heavy atom. The summed E-state index contributed by atoms with van der Waals surface area (Å²) in [7, 11) is 0. The molecule has 0 saturated carbocycles. The molecule has 1 aromatic carbocycles. The molecule has 3 nitrogen and oxygen atoms in total. The first-order valence-corrected chi connectivity index (χ1v) is 3.30. The Kier molecular flexibility index (Phi) is 5.33. The number of halogens is 1. The Morgan fingerprint density at radius 2 is 1.67 bits per heavy atom. The first kappa shape index (κ1) is 11.8. The van der Waals surface area contributed by atoms with Gasteiger partial charge in [-0.05, 0) is 24.3 Å². The SMILES string of the molecule is [Na+].[O-][N+]([O-])=Cc1ccc(Cl)cc1. The zero-order chi connectivity index (χ0) is 8.27.